The summed E-state index contributed by atoms with van der Waals surface area (Å²) in [6, 6.07) is 5.77. The van der Waals surface area contributed by atoms with Crippen molar-refractivity contribution in [3.8, 4) is 0 Å². The number of nitrogens with one attached hydrogen (secondary N) is 1. The van der Waals surface area contributed by atoms with Crippen LogP contribution in [0.5, 0.6) is 0 Å². The summed E-state index contributed by atoms with van der Waals surface area (Å²) in [7, 11) is 0. The maximum Gasteiger partial charge on any atom is 0.251 e. The number of amides is 1. The Kier molecular flexibility index (Phi) is 2.81. The van der Waals surface area contributed by atoms with Crippen LogP contribution in [0.3, 0.4) is 0 Å². The summed E-state index contributed by atoms with van der Waals surface area (Å²) in [6.45, 7) is 0. The van der Waals surface area contributed by atoms with Gasteiger partial charge in [0, 0.05) is 11.6 Å². The molecule has 3 heteroatoms. The first-order valence-electron chi connectivity index (χ1n) is 4.97. The summed E-state index contributed by atoms with van der Waals surface area (Å²) in [6.07, 6.45) is 5.87. The summed E-state index contributed by atoms with van der Waals surface area (Å²) < 4.78 is 12.6. The van der Waals surface area contributed by atoms with E-state index in [1.54, 1.807) is 0 Å². The Balaban J connectivity index is 1.98. The Labute approximate surface area is 87.8 Å². The molecular weight excluding hydrogens is 193 g/mol. The molecule has 1 aliphatic carbocycles. The van der Waals surface area contributed by atoms with E-state index in [0.29, 0.717) is 5.56 Å². The molecule has 0 aliphatic heterocycles. The van der Waals surface area contributed by atoms with Crippen LogP contribution in [0.25, 0.3) is 0 Å². The van der Waals surface area contributed by atoms with Crippen molar-refractivity contribution in [2.75, 3.05) is 0 Å². The van der Waals surface area contributed by atoms with Crippen LogP contribution in [-0.4, -0.2) is 11.9 Å². The first kappa shape index (κ1) is 9.90. The molecule has 2 nitrogen and oxygen atoms in total. The van der Waals surface area contributed by atoms with Crippen LogP contribution in [0.15, 0.2) is 36.4 Å². The van der Waals surface area contributed by atoms with Gasteiger partial charge in [0.1, 0.15) is 5.82 Å². The summed E-state index contributed by atoms with van der Waals surface area (Å²) >= 11 is 0. The van der Waals surface area contributed by atoms with Crippen molar-refractivity contribution < 1.29 is 9.18 Å². The molecule has 0 aromatic heterocycles. The number of benzene rings is 1. The summed E-state index contributed by atoms with van der Waals surface area (Å²) in [5.74, 6) is -0.460. The summed E-state index contributed by atoms with van der Waals surface area (Å²) in [5, 5.41) is 2.89. The van der Waals surface area contributed by atoms with Crippen molar-refractivity contribution >= 4 is 5.91 Å². The number of rotatable bonds is 2. The molecule has 0 saturated heterocycles. The summed E-state index contributed by atoms with van der Waals surface area (Å²) in [4.78, 5) is 11.7. The van der Waals surface area contributed by atoms with E-state index in [9.17, 15) is 9.18 Å². The first-order valence-corrected chi connectivity index (χ1v) is 4.97. The molecular formula is C12H12FNO. The van der Waals surface area contributed by atoms with Crippen molar-refractivity contribution in [1.29, 1.82) is 0 Å². The van der Waals surface area contributed by atoms with Gasteiger partial charge >= 0.3 is 0 Å². The van der Waals surface area contributed by atoms with Gasteiger partial charge in [-0.3, -0.25) is 4.79 Å². The zero-order valence-electron chi connectivity index (χ0n) is 8.24. The number of carbonyl (C=O) groups excluding carboxylic acids is 1. The number of carbonyl (C=O) groups is 1. The van der Waals surface area contributed by atoms with Crippen LogP contribution in [0.4, 0.5) is 4.39 Å². The Morgan fingerprint density at radius 2 is 1.80 bits per heavy atom. The highest BCUT2D eigenvalue weighted by Gasteiger charge is 2.14. The van der Waals surface area contributed by atoms with Gasteiger partial charge in [0.25, 0.3) is 5.91 Å². The lowest BCUT2D eigenvalue weighted by molar-refractivity contribution is 0.0939. The fourth-order valence-corrected chi connectivity index (χ4v) is 1.61. The largest absolute Gasteiger partial charge is 0.349 e. The molecule has 15 heavy (non-hydrogen) atoms. The zero-order valence-corrected chi connectivity index (χ0v) is 8.24. The second kappa shape index (κ2) is 4.26. The molecule has 78 valence electrons. The zero-order chi connectivity index (χ0) is 10.7. The van der Waals surface area contributed by atoms with E-state index in [-0.39, 0.29) is 17.8 Å². The topological polar surface area (TPSA) is 29.1 Å². The van der Waals surface area contributed by atoms with Crippen LogP contribution in [-0.2, 0) is 0 Å². The first-order chi connectivity index (χ1) is 7.25. The molecule has 1 aromatic carbocycles. The number of halogens is 1. The molecule has 1 N–H and O–H groups in total. The highest BCUT2D eigenvalue weighted by Crippen LogP contribution is 2.10. The molecule has 1 amide bonds. The van der Waals surface area contributed by atoms with E-state index >= 15 is 0 Å². The third-order valence-corrected chi connectivity index (χ3v) is 2.45. The molecule has 0 fully saturated rings. The lowest BCUT2D eigenvalue weighted by Crippen LogP contribution is -2.32. The number of hydrogen-bond acceptors (Lipinski definition) is 1. The van der Waals surface area contributed by atoms with E-state index in [1.807, 2.05) is 0 Å². The van der Waals surface area contributed by atoms with Gasteiger partial charge in [0.2, 0.25) is 0 Å². The van der Waals surface area contributed by atoms with Gasteiger partial charge in [-0.15, -0.1) is 0 Å². The fraction of sp³-hybridized carbons (Fsp3) is 0.250. The highest BCUT2D eigenvalue weighted by molar-refractivity contribution is 5.94. The maximum absolute atomic E-state index is 12.6. The molecule has 0 saturated carbocycles. The molecule has 0 radical (unpaired) electrons. The van der Waals surface area contributed by atoms with Gasteiger partial charge in [-0.1, -0.05) is 12.2 Å². The maximum atomic E-state index is 12.6. The predicted molar refractivity (Wildman–Crippen MR) is 56.0 cm³/mol. The molecule has 0 spiro atoms. The monoisotopic (exact) mass is 205 g/mol. The minimum atomic E-state index is -0.325. The smallest absolute Gasteiger partial charge is 0.251 e. The van der Waals surface area contributed by atoms with Crippen LogP contribution in [0, 0.1) is 5.82 Å². The molecule has 2 rings (SSSR count). The van der Waals surface area contributed by atoms with E-state index in [1.165, 1.54) is 24.3 Å². The van der Waals surface area contributed by atoms with Gasteiger partial charge in [-0.2, -0.15) is 0 Å². The fourth-order valence-electron chi connectivity index (χ4n) is 1.61. The quantitative estimate of drug-likeness (QED) is 0.737. The van der Waals surface area contributed by atoms with Crippen molar-refractivity contribution in [2.24, 2.45) is 0 Å². The Morgan fingerprint density at radius 1 is 1.20 bits per heavy atom. The second-order valence-electron chi connectivity index (χ2n) is 3.62. The predicted octanol–water partition coefficient (Wildman–Crippen LogP) is 2.27. The van der Waals surface area contributed by atoms with E-state index in [4.69, 9.17) is 0 Å². The van der Waals surface area contributed by atoms with E-state index in [2.05, 4.69) is 17.5 Å². The van der Waals surface area contributed by atoms with Gasteiger partial charge < -0.3 is 5.32 Å². The number of hydrogen-bond donors (Lipinski definition) is 1. The average molecular weight is 205 g/mol. The third kappa shape index (κ3) is 2.43. The van der Waals surface area contributed by atoms with Crippen LogP contribution in [0.2, 0.25) is 0 Å². The van der Waals surface area contributed by atoms with Crippen molar-refractivity contribution in [3.63, 3.8) is 0 Å². The third-order valence-electron chi connectivity index (χ3n) is 2.45. The molecule has 1 aliphatic rings. The standard InChI is InChI=1S/C12H12FNO/c13-10-7-5-9(6-8-10)12(15)14-11-3-1-2-4-11/h1-2,5-8,11H,3-4H2,(H,14,15). The Hall–Kier alpha value is -1.64. The molecule has 0 atom stereocenters. The molecule has 0 unspecified atom stereocenters. The van der Waals surface area contributed by atoms with Crippen LogP contribution in [0.1, 0.15) is 23.2 Å². The van der Waals surface area contributed by atoms with Gasteiger partial charge in [0.05, 0.1) is 0 Å². The van der Waals surface area contributed by atoms with Gasteiger partial charge in [0.15, 0.2) is 0 Å². The minimum absolute atomic E-state index is 0.135. The minimum Gasteiger partial charge on any atom is -0.349 e. The van der Waals surface area contributed by atoms with E-state index < -0.39 is 0 Å². The van der Waals surface area contributed by atoms with E-state index in [0.717, 1.165) is 12.8 Å². The molecule has 0 heterocycles. The average Bonchev–Trinajstić information content (AvgIpc) is 2.71. The Bertz CT molecular complexity index is 375. The van der Waals surface area contributed by atoms with Crippen LogP contribution < -0.4 is 5.32 Å². The summed E-state index contributed by atoms with van der Waals surface area (Å²) in [5.41, 5.74) is 0.503. The van der Waals surface area contributed by atoms with Gasteiger partial charge in [-0.05, 0) is 37.1 Å². The van der Waals surface area contributed by atoms with Crippen molar-refractivity contribution in [3.05, 3.63) is 47.8 Å². The molecule has 1 aromatic rings. The lowest BCUT2D eigenvalue weighted by Gasteiger charge is -2.11. The van der Waals surface area contributed by atoms with Gasteiger partial charge in [-0.25, -0.2) is 4.39 Å². The molecule has 0 bridgehead atoms. The normalized spacial score (nSPS) is 15.5. The Morgan fingerprint density at radius 3 is 2.40 bits per heavy atom. The van der Waals surface area contributed by atoms with Crippen LogP contribution >= 0.6 is 0 Å². The van der Waals surface area contributed by atoms with Crippen molar-refractivity contribution in [1.82, 2.24) is 5.32 Å². The SMILES string of the molecule is O=C(NC1CC=CC1)c1ccc(F)cc1. The van der Waals surface area contributed by atoms with Crippen molar-refractivity contribution in [2.45, 2.75) is 18.9 Å². The lowest BCUT2D eigenvalue weighted by atomic mass is 10.1. The highest BCUT2D eigenvalue weighted by atomic mass is 19.1. The second-order valence-corrected chi connectivity index (χ2v) is 3.62.